The molecule has 5 heteroatoms. The summed E-state index contributed by atoms with van der Waals surface area (Å²) in [4.78, 5) is 10.2. The summed E-state index contributed by atoms with van der Waals surface area (Å²) < 4.78 is 17.9. The summed E-state index contributed by atoms with van der Waals surface area (Å²) in [6.45, 7) is 0.193. The molecule has 86 valence electrons. The topological polar surface area (TPSA) is 46.5 Å². The Morgan fingerprint density at radius 2 is 2.25 bits per heavy atom. The molecule has 0 aliphatic carbocycles. The van der Waals surface area contributed by atoms with E-state index in [0.29, 0.717) is 5.75 Å². The van der Waals surface area contributed by atoms with Crippen LogP contribution in [0.2, 0.25) is 5.02 Å². The molecule has 0 saturated heterocycles. The Bertz CT molecular complexity index is 404. The number of halogens is 2. The number of rotatable bonds is 5. The van der Waals surface area contributed by atoms with E-state index in [0.717, 1.165) is 6.07 Å². The highest BCUT2D eigenvalue weighted by molar-refractivity contribution is 6.32. The molecule has 0 unspecified atom stereocenters. The summed E-state index contributed by atoms with van der Waals surface area (Å²) >= 11 is 5.71. The highest BCUT2D eigenvalue weighted by atomic mass is 35.5. The summed E-state index contributed by atoms with van der Waals surface area (Å²) in [5, 5.41) is 8.54. The van der Waals surface area contributed by atoms with E-state index in [2.05, 4.69) is 0 Å². The molecule has 0 aliphatic rings. The number of hydrogen-bond donors (Lipinski definition) is 1. The molecular weight excluding hydrogens is 235 g/mol. The maximum absolute atomic E-state index is 12.7. The van der Waals surface area contributed by atoms with E-state index in [-0.39, 0.29) is 18.1 Å². The quantitative estimate of drug-likeness (QED) is 0.810. The van der Waals surface area contributed by atoms with Crippen molar-refractivity contribution >= 4 is 17.6 Å². The largest absolute Gasteiger partial charge is 0.488 e. The van der Waals surface area contributed by atoms with E-state index >= 15 is 0 Å². The number of carbonyl (C=O) groups is 1. The molecule has 0 amide bonds. The molecule has 0 atom stereocenters. The SMILES string of the molecule is O=C(O)C/C=C/COc1ccc(F)cc1Cl. The van der Waals surface area contributed by atoms with Gasteiger partial charge in [-0.2, -0.15) is 0 Å². The van der Waals surface area contributed by atoms with Crippen LogP contribution in [0.1, 0.15) is 6.42 Å². The van der Waals surface area contributed by atoms with Crippen LogP contribution in [0.5, 0.6) is 5.75 Å². The molecule has 0 saturated carbocycles. The van der Waals surface area contributed by atoms with Crippen molar-refractivity contribution < 1.29 is 19.0 Å². The molecule has 1 aromatic carbocycles. The Balaban J connectivity index is 2.43. The number of benzene rings is 1. The van der Waals surface area contributed by atoms with Gasteiger partial charge in [0.25, 0.3) is 0 Å². The fourth-order valence-corrected chi connectivity index (χ4v) is 1.20. The first kappa shape index (κ1) is 12.5. The van der Waals surface area contributed by atoms with Gasteiger partial charge in [0.15, 0.2) is 0 Å². The van der Waals surface area contributed by atoms with Gasteiger partial charge in [0.2, 0.25) is 0 Å². The van der Waals surface area contributed by atoms with E-state index in [9.17, 15) is 9.18 Å². The fourth-order valence-electron chi connectivity index (χ4n) is 0.982. The molecule has 0 aliphatic heterocycles. The third kappa shape index (κ3) is 4.31. The Morgan fingerprint density at radius 3 is 2.88 bits per heavy atom. The molecule has 16 heavy (non-hydrogen) atoms. The van der Waals surface area contributed by atoms with E-state index in [4.69, 9.17) is 21.4 Å². The predicted octanol–water partition coefficient (Wildman–Crippen LogP) is 2.89. The second-order valence-electron chi connectivity index (χ2n) is 2.96. The van der Waals surface area contributed by atoms with Gasteiger partial charge in [0.05, 0.1) is 11.4 Å². The van der Waals surface area contributed by atoms with Crippen LogP contribution in [0, 0.1) is 5.82 Å². The van der Waals surface area contributed by atoms with Crippen molar-refractivity contribution in [1.29, 1.82) is 0 Å². The summed E-state index contributed by atoms with van der Waals surface area (Å²) in [6.07, 6.45) is 2.98. The van der Waals surface area contributed by atoms with Crippen LogP contribution in [0.4, 0.5) is 4.39 Å². The molecule has 0 spiro atoms. The minimum absolute atomic E-state index is 0.0550. The third-order valence-corrected chi connectivity index (χ3v) is 1.98. The maximum Gasteiger partial charge on any atom is 0.307 e. The standard InChI is InChI=1S/C11H10ClFO3/c12-9-7-8(13)4-5-10(9)16-6-2-1-3-11(14)15/h1-2,4-5,7H,3,6H2,(H,14,15)/b2-1+. The molecule has 1 N–H and O–H groups in total. The van der Waals surface area contributed by atoms with Crippen LogP contribution in [0.25, 0.3) is 0 Å². The number of carboxylic acid groups (broad SMARTS) is 1. The third-order valence-electron chi connectivity index (χ3n) is 1.69. The number of hydrogen-bond acceptors (Lipinski definition) is 2. The van der Waals surface area contributed by atoms with Gasteiger partial charge in [-0.3, -0.25) is 4.79 Å². The number of aliphatic carboxylic acids is 1. The van der Waals surface area contributed by atoms with Crippen LogP contribution in [-0.4, -0.2) is 17.7 Å². The molecule has 3 nitrogen and oxygen atoms in total. The smallest absolute Gasteiger partial charge is 0.307 e. The van der Waals surface area contributed by atoms with Crippen molar-refractivity contribution in [3.05, 3.63) is 41.2 Å². The zero-order valence-electron chi connectivity index (χ0n) is 8.32. The number of carboxylic acids is 1. The molecule has 0 aromatic heterocycles. The van der Waals surface area contributed by atoms with Crippen LogP contribution in [0.15, 0.2) is 30.4 Å². The molecule has 1 aromatic rings. The lowest BCUT2D eigenvalue weighted by molar-refractivity contribution is -0.136. The van der Waals surface area contributed by atoms with Crippen molar-refractivity contribution in [1.82, 2.24) is 0 Å². The molecule has 0 radical (unpaired) electrons. The monoisotopic (exact) mass is 244 g/mol. The Hall–Kier alpha value is -1.55. The second-order valence-corrected chi connectivity index (χ2v) is 3.36. The average Bonchev–Trinajstić information content (AvgIpc) is 2.20. The van der Waals surface area contributed by atoms with E-state index in [1.54, 1.807) is 6.08 Å². The van der Waals surface area contributed by atoms with Crippen molar-refractivity contribution in [3.8, 4) is 5.75 Å². The van der Waals surface area contributed by atoms with Crippen molar-refractivity contribution in [2.45, 2.75) is 6.42 Å². The predicted molar refractivity (Wildman–Crippen MR) is 58.3 cm³/mol. The van der Waals surface area contributed by atoms with Gasteiger partial charge in [-0.1, -0.05) is 23.8 Å². The second kappa shape index (κ2) is 6.12. The minimum atomic E-state index is -0.906. The highest BCUT2D eigenvalue weighted by Gasteiger charge is 2.01. The highest BCUT2D eigenvalue weighted by Crippen LogP contribution is 2.24. The van der Waals surface area contributed by atoms with Crippen molar-refractivity contribution in [2.75, 3.05) is 6.61 Å². The van der Waals surface area contributed by atoms with E-state index in [1.165, 1.54) is 18.2 Å². The van der Waals surface area contributed by atoms with Gasteiger partial charge in [0, 0.05) is 0 Å². The summed E-state index contributed by atoms with van der Waals surface area (Å²) in [5.41, 5.74) is 0. The lowest BCUT2D eigenvalue weighted by Gasteiger charge is -2.04. The van der Waals surface area contributed by atoms with Crippen LogP contribution >= 0.6 is 11.6 Å². The molecule has 0 heterocycles. The first-order chi connectivity index (χ1) is 7.59. The summed E-state index contributed by atoms with van der Waals surface area (Å²) in [6, 6.07) is 3.81. The van der Waals surface area contributed by atoms with Gasteiger partial charge >= 0.3 is 5.97 Å². The van der Waals surface area contributed by atoms with Gasteiger partial charge in [-0.25, -0.2) is 4.39 Å². The normalized spacial score (nSPS) is 10.6. The van der Waals surface area contributed by atoms with E-state index < -0.39 is 11.8 Å². The first-order valence-electron chi connectivity index (χ1n) is 4.54. The number of ether oxygens (including phenoxy) is 1. The van der Waals surface area contributed by atoms with Gasteiger partial charge < -0.3 is 9.84 Å². The summed E-state index contributed by atoms with van der Waals surface area (Å²) in [7, 11) is 0. The Labute approximate surface area is 97.1 Å². The fraction of sp³-hybridized carbons (Fsp3) is 0.182. The minimum Gasteiger partial charge on any atom is -0.488 e. The lowest BCUT2D eigenvalue weighted by Crippen LogP contribution is -1.95. The Kier molecular flexibility index (Phi) is 4.79. The van der Waals surface area contributed by atoms with Crippen LogP contribution in [-0.2, 0) is 4.79 Å². The van der Waals surface area contributed by atoms with Crippen molar-refractivity contribution in [2.24, 2.45) is 0 Å². The maximum atomic E-state index is 12.7. The molecule has 1 rings (SSSR count). The van der Waals surface area contributed by atoms with E-state index in [1.807, 2.05) is 0 Å². The first-order valence-corrected chi connectivity index (χ1v) is 4.92. The van der Waals surface area contributed by atoms with Crippen LogP contribution in [0.3, 0.4) is 0 Å². The molecule has 0 bridgehead atoms. The zero-order valence-corrected chi connectivity index (χ0v) is 9.08. The Morgan fingerprint density at radius 1 is 1.50 bits per heavy atom. The van der Waals surface area contributed by atoms with Gasteiger partial charge in [-0.15, -0.1) is 0 Å². The van der Waals surface area contributed by atoms with Gasteiger partial charge in [0.1, 0.15) is 18.2 Å². The molecular formula is C11H10ClFO3. The van der Waals surface area contributed by atoms with Gasteiger partial charge in [-0.05, 0) is 18.2 Å². The molecule has 0 fully saturated rings. The average molecular weight is 245 g/mol. The summed E-state index contributed by atoms with van der Waals surface area (Å²) in [5.74, 6) is -0.974. The zero-order chi connectivity index (χ0) is 12.0. The van der Waals surface area contributed by atoms with Crippen LogP contribution < -0.4 is 4.74 Å². The van der Waals surface area contributed by atoms with Crippen molar-refractivity contribution in [3.63, 3.8) is 0 Å². The lowest BCUT2D eigenvalue weighted by atomic mass is 10.3.